The van der Waals surface area contributed by atoms with E-state index in [1.165, 1.54) is 6.20 Å². The average molecular weight is 374 g/mol. The van der Waals surface area contributed by atoms with Gasteiger partial charge in [-0.1, -0.05) is 43.0 Å². The molecule has 3 N–H and O–H groups in total. The summed E-state index contributed by atoms with van der Waals surface area (Å²) in [5.74, 6) is -1.55. The highest BCUT2D eigenvalue weighted by atomic mass is 16.4. The number of carbonyl (C=O) groups excluding carboxylic acids is 1. The van der Waals surface area contributed by atoms with Crippen LogP contribution in [-0.2, 0) is 11.3 Å². The average Bonchev–Trinajstić information content (AvgIpc) is 3.05. The van der Waals surface area contributed by atoms with Gasteiger partial charge in [0.05, 0.1) is 12.5 Å². The van der Waals surface area contributed by atoms with Crippen LogP contribution in [0.4, 0.5) is 5.69 Å². The van der Waals surface area contributed by atoms with E-state index in [0.29, 0.717) is 17.7 Å². The Morgan fingerprint density at radius 3 is 2.57 bits per heavy atom. The van der Waals surface area contributed by atoms with E-state index in [-0.39, 0.29) is 5.91 Å². The van der Waals surface area contributed by atoms with Crippen LogP contribution in [0.2, 0.25) is 0 Å². The number of carboxylic acid groups (broad SMARTS) is 1. The third-order valence-corrected chi connectivity index (χ3v) is 4.96. The lowest BCUT2D eigenvalue weighted by atomic mass is 9.96. The van der Waals surface area contributed by atoms with Crippen LogP contribution in [0, 0.1) is 0 Å². The summed E-state index contributed by atoms with van der Waals surface area (Å²) in [4.78, 5) is 25.8. The SMILES string of the molecule is C=C/C(=C\C=C/N)c1cccc2c1CN(c1ccc(C(C)C(=O)O)cc1)C2=O. The summed E-state index contributed by atoms with van der Waals surface area (Å²) in [6.45, 7) is 5.94. The van der Waals surface area contributed by atoms with Crippen molar-refractivity contribution in [3.8, 4) is 0 Å². The van der Waals surface area contributed by atoms with E-state index in [2.05, 4.69) is 6.58 Å². The summed E-state index contributed by atoms with van der Waals surface area (Å²) in [5, 5.41) is 9.15. The molecule has 5 heteroatoms. The van der Waals surface area contributed by atoms with Crippen molar-refractivity contribution in [3.63, 3.8) is 0 Å². The third-order valence-electron chi connectivity index (χ3n) is 4.96. The van der Waals surface area contributed by atoms with Gasteiger partial charge in [0.2, 0.25) is 0 Å². The van der Waals surface area contributed by atoms with Crippen LogP contribution < -0.4 is 10.6 Å². The number of fused-ring (bicyclic) bond motifs is 1. The molecule has 0 bridgehead atoms. The summed E-state index contributed by atoms with van der Waals surface area (Å²) in [6, 6.07) is 12.7. The zero-order valence-corrected chi connectivity index (χ0v) is 15.6. The highest BCUT2D eigenvalue weighted by Gasteiger charge is 2.30. The van der Waals surface area contributed by atoms with Gasteiger partial charge in [0, 0.05) is 11.3 Å². The Morgan fingerprint density at radius 1 is 1.25 bits per heavy atom. The molecule has 3 rings (SSSR count). The van der Waals surface area contributed by atoms with Crippen LogP contribution in [0.15, 0.2) is 73.5 Å². The smallest absolute Gasteiger partial charge is 0.310 e. The molecule has 1 unspecified atom stereocenters. The standard InChI is InChI=1S/C23H22N2O3/c1-3-16(6-5-13-24)19-7-4-8-20-21(19)14-25(22(20)26)18-11-9-17(10-12-18)15(2)23(27)28/h3-13,15H,1,14,24H2,2H3,(H,27,28)/b13-5-,16-6+. The molecule has 1 aliphatic heterocycles. The zero-order chi connectivity index (χ0) is 20.3. The first-order chi connectivity index (χ1) is 13.5. The van der Waals surface area contributed by atoms with Gasteiger partial charge in [-0.2, -0.15) is 0 Å². The van der Waals surface area contributed by atoms with E-state index in [4.69, 9.17) is 10.8 Å². The summed E-state index contributed by atoms with van der Waals surface area (Å²) < 4.78 is 0. The van der Waals surface area contributed by atoms with Gasteiger partial charge in [-0.3, -0.25) is 9.59 Å². The van der Waals surface area contributed by atoms with Crippen LogP contribution in [0.1, 0.15) is 39.9 Å². The number of carbonyl (C=O) groups is 2. The molecule has 2 aromatic rings. The number of benzene rings is 2. The molecule has 2 aromatic carbocycles. The molecule has 1 atom stereocenters. The molecular weight excluding hydrogens is 352 g/mol. The van der Waals surface area contributed by atoms with Gasteiger partial charge >= 0.3 is 5.97 Å². The molecule has 0 spiro atoms. The molecule has 1 amide bonds. The largest absolute Gasteiger partial charge is 0.481 e. The number of anilines is 1. The predicted octanol–water partition coefficient (Wildman–Crippen LogP) is 4.08. The molecule has 0 aliphatic carbocycles. The van der Waals surface area contributed by atoms with Gasteiger partial charge in [0.1, 0.15) is 0 Å². The van der Waals surface area contributed by atoms with Crippen molar-refractivity contribution in [1.82, 2.24) is 0 Å². The van der Waals surface area contributed by atoms with Gasteiger partial charge in [0.25, 0.3) is 5.91 Å². The van der Waals surface area contributed by atoms with Gasteiger partial charge in [-0.15, -0.1) is 0 Å². The molecule has 1 heterocycles. The first kappa shape index (κ1) is 19.2. The maximum Gasteiger partial charge on any atom is 0.310 e. The number of hydrogen-bond acceptors (Lipinski definition) is 3. The topological polar surface area (TPSA) is 83.6 Å². The first-order valence-electron chi connectivity index (χ1n) is 8.95. The first-order valence-corrected chi connectivity index (χ1v) is 8.95. The summed E-state index contributed by atoms with van der Waals surface area (Å²) >= 11 is 0. The van der Waals surface area contributed by atoms with Crippen molar-refractivity contribution in [2.24, 2.45) is 5.73 Å². The number of amides is 1. The Kier molecular flexibility index (Phi) is 5.45. The Balaban J connectivity index is 1.95. The Bertz CT molecular complexity index is 987. The van der Waals surface area contributed by atoms with Gasteiger partial charge in [0.15, 0.2) is 0 Å². The number of aliphatic carboxylic acids is 1. The lowest BCUT2D eigenvalue weighted by molar-refractivity contribution is -0.138. The van der Waals surface area contributed by atoms with Crippen LogP contribution in [-0.4, -0.2) is 17.0 Å². The fraction of sp³-hybridized carbons (Fsp3) is 0.130. The lowest BCUT2D eigenvalue weighted by Crippen LogP contribution is -2.23. The number of nitrogens with zero attached hydrogens (tertiary/aromatic N) is 1. The molecule has 0 aromatic heterocycles. The van der Waals surface area contributed by atoms with Crippen molar-refractivity contribution in [1.29, 1.82) is 0 Å². The van der Waals surface area contributed by atoms with Crippen molar-refractivity contribution < 1.29 is 14.7 Å². The molecule has 142 valence electrons. The minimum absolute atomic E-state index is 0.0753. The molecular formula is C23H22N2O3. The van der Waals surface area contributed by atoms with Crippen molar-refractivity contribution in [3.05, 3.63) is 95.7 Å². The van der Waals surface area contributed by atoms with E-state index >= 15 is 0 Å². The maximum absolute atomic E-state index is 13.0. The van der Waals surface area contributed by atoms with Gasteiger partial charge in [-0.05, 0) is 59.7 Å². The quantitative estimate of drug-likeness (QED) is 0.747. The van der Waals surface area contributed by atoms with Crippen molar-refractivity contribution in [2.75, 3.05) is 4.90 Å². The summed E-state index contributed by atoms with van der Waals surface area (Å²) in [5.41, 5.74) is 10.3. The molecule has 28 heavy (non-hydrogen) atoms. The normalized spacial score (nSPS) is 15.0. The number of carboxylic acids is 1. The zero-order valence-electron chi connectivity index (χ0n) is 15.6. The monoisotopic (exact) mass is 374 g/mol. The number of nitrogens with two attached hydrogens (primary N) is 1. The Hall–Kier alpha value is -3.60. The van der Waals surface area contributed by atoms with Gasteiger partial charge in [-0.25, -0.2) is 0 Å². The second-order valence-electron chi connectivity index (χ2n) is 6.59. The van der Waals surface area contributed by atoms with Crippen LogP contribution >= 0.6 is 0 Å². The summed E-state index contributed by atoms with van der Waals surface area (Å²) in [7, 11) is 0. The molecule has 0 radical (unpaired) electrons. The number of allylic oxidation sites excluding steroid dienone is 4. The number of rotatable bonds is 6. The molecule has 1 aliphatic rings. The second-order valence-corrected chi connectivity index (χ2v) is 6.59. The fourth-order valence-electron chi connectivity index (χ4n) is 3.32. The lowest BCUT2D eigenvalue weighted by Gasteiger charge is -2.17. The Morgan fingerprint density at radius 2 is 1.96 bits per heavy atom. The molecule has 5 nitrogen and oxygen atoms in total. The molecule has 0 saturated carbocycles. The van der Waals surface area contributed by atoms with Gasteiger partial charge < -0.3 is 15.7 Å². The Labute approximate surface area is 164 Å². The van der Waals surface area contributed by atoms with Crippen LogP contribution in [0.25, 0.3) is 5.57 Å². The maximum atomic E-state index is 13.0. The van der Waals surface area contributed by atoms with E-state index in [9.17, 15) is 9.59 Å². The van der Waals surface area contributed by atoms with E-state index < -0.39 is 11.9 Å². The summed E-state index contributed by atoms with van der Waals surface area (Å²) in [6.07, 6.45) is 6.78. The minimum atomic E-state index is -0.877. The molecule has 0 saturated heterocycles. The second kappa shape index (κ2) is 7.96. The highest BCUT2D eigenvalue weighted by molar-refractivity contribution is 6.11. The van der Waals surface area contributed by atoms with Crippen LogP contribution in [0.5, 0.6) is 0 Å². The fourth-order valence-corrected chi connectivity index (χ4v) is 3.32. The van der Waals surface area contributed by atoms with E-state index in [0.717, 1.165) is 22.4 Å². The van der Waals surface area contributed by atoms with Crippen molar-refractivity contribution >= 4 is 23.1 Å². The van der Waals surface area contributed by atoms with E-state index in [1.807, 2.05) is 24.3 Å². The highest BCUT2D eigenvalue weighted by Crippen LogP contribution is 2.34. The number of hydrogen-bond donors (Lipinski definition) is 2. The van der Waals surface area contributed by atoms with Crippen molar-refractivity contribution in [2.45, 2.75) is 19.4 Å². The third kappa shape index (κ3) is 3.47. The predicted molar refractivity (Wildman–Crippen MR) is 111 cm³/mol. The minimum Gasteiger partial charge on any atom is -0.481 e. The van der Waals surface area contributed by atoms with E-state index in [1.54, 1.807) is 48.2 Å². The molecule has 0 fully saturated rings. The van der Waals surface area contributed by atoms with Crippen LogP contribution in [0.3, 0.4) is 0 Å².